The van der Waals surface area contributed by atoms with Crippen molar-refractivity contribution in [2.75, 3.05) is 14.2 Å². The highest BCUT2D eigenvalue weighted by Crippen LogP contribution is 2.33. The van der Waals surface area contributed by atoms with Crippen LogP contribution in [0.5, 0.6) is 11.5 Å². The Morgan fingerprint density at radius 1 is 1.18 bits per heavy atom. The molecule has 1 saturated carbocycles. The molecule has 0 bridgehead atoms. The summed E-state index contributed by atoms with van der Waals surface area (Å²) in [6.07, 6.45) is 2.26. The van der Waals surface area contributed by atoms with Gasteiger partial charge in [0.15, 0.2) is 0 Å². The fourth-order valence-electron chi connectivity index (χ4n) is 3.61. The van der Waals surface area contributed by atoms with Gasteiger partial charge in [-0.1, -0.05) is 12.1 Å². The number of hydrogen-bond acceptors (Lipinski definition) is 4. The Bertz CT molecular complexity index is 818. The zero-order valence-electron chi connectivity index (χ0n) is 16.0. The van der Waals surface area contributed by atoms with Crippen molar-refractivity contribution in [2.45, 2.75) is 31.3 Å². The highest BCUT2D eigenvalue weighted by Gasteiger charge is 2.30. The van der Waals surface area contributed by atoms with Gasteiger partial charge in [0, 0.05) is 17.5 Å². The first-order valence-corrected chi connectivity index (χ1v) is 9.05. The number of amides is 1. The van der Waals surface area contributed by atoms with E-state index in [9.17, 15) is 9.18 Å². The number of halogens is 2. The van der Waals surface area contributed by atoms with E-state index in [1.807, 2.05) is 24.3 Å². The molecule has 0 spiro atoms. The normalized spacial score (nSPS) is 19.4. The second-order valence-corrected chi connectivity index (χ2v) is 6.87. The first-order valence-electron chi connectivity index (χ1n) is 9.05. The van der Waals surface area contributed by atoms with Gasteiger partial charge in [0.1, 0.15) is 17.3 Å². The lowest BCUT2D eigenvalue weighted by molar-refractivity contribution is -0.125. The molecule has 28 heavy (non-hydrogen) atoms. The third-order valence-electron chi connectivity index (χ3n) is 5.06. The molecular weight excluding hydrogens is 383 g/mol. The zero-order chi connectivity index (χ0) is 19.4. The predicted molar refractivity (Wildman–Crippen MR) is 108 cm³/mol. The summed E-state index contributed by atoms with van der Waals surface area (Å²) in [6.45, 7) is 0. The third-order valence-corrected chi connectivity index (χ3v) is 5.06. The van der Waals surface area contributed by atoms with E-state index in [1.165, 1.54) is 19.2 Å². The Labute approximate surface area is 170 Å². The van der Waals surface area contributed by atoms with Crippen LogP contribution in [-0.4, -0.2) is 26.2 Å². The number of carbonyl (C=O) groups excluding carboxylic acids is 1. The molecule has 0 aliphatic heterocycles. The van der Waals surface area contributed by atoms with Gasteiger partial charge in [-0.25, -0.2) is 4.39 Å². The molecule has 1 amide bonds. The summed E-state index contributed by atoms with van der Waals surface area (Å²) < 4.78 is 24.7. The highest BCUT2D eigenvalue weighted by molar-refractivity contribution is 5.85. The van der Waals surface area contributed by atoms with Crippen molar-refractivity contribution >= 4 is 18.3 Å². The maximum absolute atomic E-state index is 14.0. The summed E-state index contributed by atoms with van der Waals surface area (Å²) in [5.74, 6) is 0.559. The van der Waals surface area contributed by atoms with E-state index < -0.39 is 11.9 Å². The van der Waals surface area contributed by atoms with Gasteiger partial charge in [-0.05, 0) is 55.2 Å². The monoisotopic (exact) mass is 408 g/mol. The first-order chi connectivity index (χ1) is 13.0. The van der Waals surface area contributed by atoms with Crippen molar-refractivity contribution in [3.8, 4) is 11.5 Å². The summed E-state index contributed by atoms with van der Waals surface area (Å²) in [5, 5.41) is 3.07. The number of benzene rings is 2. The number of nitrogens with two attached hydrogens (primary N) is 1. The van der Waals surface area contributed by atoms with Crippen molar-refractivity contribution in [2.24, 2.45) is 11.7 Å². The molecule has 0 saturated heterocycles. The zero-order valence-corrected chi connectivity index (χ0v) is 16.8. The van der Waals surface area contributed by atoms with Crippen molar-refractivity contribution in [1.82, 2.24) is 5.32 Å². The van der Waals surface area contributed by atoms with Gasteiger partial charge in [0.25, 0.3) is 0 Å². The topological polar surface area (TPSA) is 73.6 Å². The van der Waals surface area contributed by atoms with Gasteiger partial charge in [-0.2, -0.15) is 0 Å². The number of hydrogen-bond donors (Lipinski definition) is 2. The van der Waals surface area contributed by atoms with Crippen molar-refractivity contribution in [3.05, 3.63) is 59.4 Å². The number of carbonyl (C=O) groups is 1. The van der Waals surface area contributed by atoms with Crippen molar-refractivity contribution in [3.63, 3.8) is 0 Å². The summed E-state index contributed by atoms with van der Waals surface area (Å²) in [4.78, 5) is 12.9. The van der Waals surface area contributed by atoms with Crippen LogP contribution in [0, 0.1) is 11.7 Å². The van der Waals surface area contributed by atoms with Gasteiger partial charge in [-0.15, -0.1) is 12.4 Å². The summed E-state index contributed by atoms with van der Waals surface area (Å²) in [7, 11) is 3.10. The molecule has 3 atom stereocenters. The van der Waals surface area contributed by atoms with Crippen LogP contribution in [0.2, 0.25) is 0 Å². The summed E-state index contributed by atoms with van der Waals surface area (Å²) >= 11 is 0. The number of ether oxygens (including phenoxy) is 2. The smallest absolute Gasteiger partial charge is 0.223 e. The fraction of sp³-hybridized carbons (Fsp3) is 0.381. The van der Waals surface area contributed by atoms with Crippen molar-refractivity contribution < 1.29 is 18.7 Å². The second-order valence-electron chi connectivity index (χ2n) is 6.87. The molecule has 0 radical (unpaired) electrons. The maximum Gasteiger partial charge on any atom is 0.223 e. The lowest BCUT2D eigenvalue weighted by Crippen LogP contribution is -2.34. The number of nitrogens with one attached hydrogen (secondary N) is 1. The van der Waals surface area contributed by atoms with Gasteiger partial charge >= 0.3 is 0 Å². The van der Waals surface area contributed by atoms with Crippen LogP contribution in [-0.2, 0) is 4.79 Å². The Morgan fingerprint density at radius 2 is 1.96 bits per heavy atom. The average Bonchev–Trinajstić information content (AvgIpc) is 3.12. The molecule has 7 heteroatoms. The Hall–Kier alpha value is -2.31. The second kappa shape index (κ2) is 9.75. The lowest BCUT2D eigenvalue weighted by Gasteiger charge is -2.24. The van der Waals surface area contributed by atoms with E-state index in [0.29, 0.717) is 23.5 Å². The average molecular weight is 409 g/mol. The minimum absolute atomic E-state index is 0. The molecule has 1 fully saturated rings. The molecular formula is C21H26ClFN2O3. The predicted octanol–water partition coefficient (Wildman–Crippen LogP) is 3.60. The Morgan fingerprint density at radius 3 is 2.61 bits per heavy atom. The van der Waals surface area contributed by atoms with E-state index in [-0.39, 0.29) is 30.3 Å². The fourth-order valence-corrected chi connectivity index (χ4v) is 3.61. The van der Waals surface area contributed by atoms with Crippen LogP contribution in [0.1, 0.15) is 36.4 Å². The summed E-state index contributed by atoms with van der Waals surface area (Å²) in [5.41, 5.74) is 7.30. The minimum Gasteiger partial charge on any atom is -0.497 e. The van der Waals surface area contributed by atoms with Crippen LogP contribution in [0.3, 0.4) is 0 Å². The largest absolute Gasteiger partial charge is 0.497 e. The van der Waals surface area contributed by atoms with E-state index in [4.69, 9.17) is 15.2 Å². The molecule has 3 unspecified atom stereocenters. The standard InChI is InChI=1S/C21H25FN2O3.ClH/c1-26-17-5-3-4-13(11-17)20(18-12-15(22)7-9-19(18)27-2)24-21(25)14-6-8-16(23)10-14;/h3-5,7,9,11-12,14,16,20H,6,8,10,23H2,1-2H3,(H,24,25);1H. The van der Waals surface area contributed by atoms with Gasteiger partial charge in [0.2, 0.25) is 5.91 Å². The van der Waals surface area contributed by atoms with E-state index in [1.54, 1.807) is 13.2 Å². The molecule has 2 aromatic carbocycles. The highest BCUT2D eigenvalue weighted by atomic mass is 35.5. The molecule has 3 N–H and O–H groups in total. The first kappa shape index (κ1) is 22.0. The van der Waals surface area contributed by atoms with Crippen molar-refractivity contribution in [1.29, 1.82) is 0 Å². The molecule has 1 aliphatic rings. The van der Waals surface area contributed by atoms with Crippen LogP contribution in [0.4, 0.5) is 4.39 Å². The van der Waals surface area contributed by atoms with Crippen LogP contribution in [0.15, 0.2) is 42.5 Å². The quantitative estimate of drug-likeness (QED) is 0.766. The molecule has 3 rings (SSSR count). The van der Waals surface area contributed by atoms with E-state index in [0.717, 1.165) is 18.4 Å². The maximum atomic E-state index is 14.0. The van der Waals surface area contributed by atoms with Crippen LogP contribution in [0.25, 0.3) is 0 Å². The number of rotatable bonds is 6. The van der Waals surface area contributed by atoms with Crippen LogP contribution >= 0.6 is 12.4 Å². The van der Waals surface area contributed by atoms with Crippen LogP contribution < -0.4 is 20.5 Å². The molecule has 0 heterocycles. The van der Waals surface area contributed by atoms with E-state index >= 15 is 0 Å². The molecule has 1 aliphatic carbocycles. The molecule has 152 valence electrons. The third kappa shape index (κ3) is 4.94. The Kier molecular flexibility index (Phi) is 7.66. The lowest BCUT2D eigenvalue weighted by atomic mass is 9.96. The number of methoxy groups -OCH3 is 2. The van der Waals surface area contributed by atoms with Gasteiger partial charge < -0.3 is 20.5 Å². The Balaban J connectivity index is 0.00000280. The molecule has 0 aromatic heterocycles. The van der Waals surface area contributed by atoms with Gasteiger partial charge in [-0.3, -0.25) is 4.79 Å². The van der Waals surface area contributed by atoms with Gasteiger partial charge in [0.05, 0.1) is 20.3 Å². The summed E-state index contributed by atoms with van der Waals surface area (Å²) in [6, 6.07) is 11.1. The minimum atomic E-state index is -0.560. The molecule has 5 nitrogen and oxygen atoms in total. The SMILES string of the molecule is COc1cccc(C(NC(=O)C2CCC(N)C2)c2cc(F)ccc2OC)c1.Cl. The molecule has 2 aromatic rings. The van der Waals surface area contributed by atoms with E-state index in [2.05, 4.69) is 5.32 Å².